The Bertz CT molecular complexity index is 366. The Morgan fingerprint density at radius 2 is 1.59 bits per heavy atom. The van der Waals surface area contributed by atoms with Crippen LogP contribution < -0.4 is 0 Å². The first-order chi connectivity index (χ1) is 7.93. The minimum absolute atomic E-state index is 0.0295. The molecule has 2 N–H and O–H groups in total. The van der Waals surface area contributed by atoms with E-state index in [-0.39, 0.29) is 19.4 Å². The highest BCUT2D eigenvalue weighted by molar-refractivity contribution is 6.12. The molecule has 7 nitrogen and oxygen atoms in total. The molecule has 17 heavy (non-hydrogen) atoms. The lowest BCUT2D eigenvalue weighted by molar-refractivity contribution is -0.154. The second-order valence-corrected chi connectivity index (χ2v) is 3.53. The molecule has 7 heteroatoms. The van der Waals surface area contributed by atoms with Gasteiger partial charge in [-0.2, -0.15) is 0 Å². The topological polar surface area (TPSA) is 112 Å². The number of rotatable bonds is 6. The van der Waals surface area contributed by atoms with E-state index in [1.54, 1.807) is 0 Å². The van der Waals surface area contributed by atoms with Gasteiger partial charge in [0.05, 0.1) is 0 Å². The Hall–Kier alpha value is -2.18. The zero-order chi connectivity index (χ0) is 13.0. The van der Waals surface area contributed by atoms with Crippen molar-refractivity contribution >= 4 is 23.8 Å². The summed E-state index contributed by atoms with van der Waals surface area (Å²) in [6.45, 7) is 0.0295. The molecule has 0 saturated heterocycles. The van der Waals surface area contributed by atoms with Crippen LogP contribution in [0.3, 0.4) is 0 Å². The third kappa shape index (κ3) is 3.13. The van der Waals surface area contributed by atoms with Gasteiger partial charge in [-0.15, -0.1) is 0 Å². The van der Waals surface area contributed by atoms with Gasteiger partial charge in [0, 0.05) is 18.7 Å². The van der Waals surface area contributed by atoms with Crippen LogP contribution in [0, 0.1) is 5.92 Å². The summed E-state index contributed by atoms with van der Waals surface area (Å²) in [6, 6.07) is 0. The molecule has 0 bridgehead atoms. The zero-order valence-electron chi connectivity index (χ0n) is 8.83. The fraction of sp³-hybridized carbons (Fsp3) is 0.400. The van der Waals surface area contributed by atoms with Gasteiger partial charge in [-0.1, -0.05) is 0 Å². The average molecular weight is 241 g/mol. The lowest BCUT2D eigenvalue weighted by atomic mass is 10.0. The third-order valence-corrected chi connectivity index (χ3v) is 2.37. The Morgan fingerprint density at radius 3 is 2.00 bits per heavy atom. The van der Waals surface area contributed by atoms with Gasteiger partial charge >= 0.3 is 11.9 Å². The van der Waals surface area contributed by atoms with Crippen LogP contribution in [0.15, 0.2) is 12.2 Å². The van der Waals surface area contributed by atoms with E-state index in [1.807, 2.05) is 0 Å². The van der Waals surface area contributed by atoms with E-state index in [1.165, 1.54) is 0 Å². The summed E-state index contributed by atoms with van der Waals surface area (Å²) in [7, 11) is 0. The smallest absolute Gasteiger partial charge is 0.317 e. The fourth-order valence-corrected chi connectivity index (χ4v) is 1.46. The van der Waals surface area contributed by atoms with Crippen LogP contribution in [0.5, 0.6) is 0 Å². The van der Waals surface area contributed by atoms with Gasteiger partial charge in [-0.3, -0.25) is 24.1 Å². The molecule has 1 rings (SSSR count). The van der Waals surface area contributed by atoms with E-state index < -0.39 is 29.7 Å². The summed E-state index contributed by atoms with van der Waals surface area (Å²) in [5.74, 6) is -5.27. The van der Waals surface area contributed by atoms with E-state index in [2.05, 4.69) is 0 Å². The van der Waals surface area contributed by atoms with Crippen LogP contribution >= 0.6 is 0 Å². The number of carboxylic acids is 2. The first-order valence-corrected chi connectivity index (χ1v) is 4.92. The molecule has 1 heterocycles. The molecule has 0 aromatic rings. The molecule has 0 fully saturated rings. The average Bonchev–Trinajstić information content (AvgIpc) is 2.53. The van der Waals surface area contributed by atoms with Gasteiger partial charge in [-0.05, 0) is 12.8 Å². The molecule has 0 spiro atoms. The van der Waals surface area contributed by atoms with Gasteiger partial charge in [0.2, 0.25) is 0 Å². The summed E-state index contributed by atoms with van der Waals surface area (Å²) >= 11 is 0. The van der Waals surface area contributed by atoms with Crippen molar-refractivity contribution < 1.29 is 29.4 Å². The second-order valence-electron chi connectivity index (χ2n) is 3.53. The van der Waals surface area contributed by atoms with Crippen molar-refractivity contribution in [3.63, 3.8) is 0 Å². The van der Waals surface area contributed by atoms with Gasteiger partial charge in [0.1, 0.15) is 0 Å². The number of nitrogens with zero attached hydrogens (tertiary/aromatic N) is 1. The summed E-state index contributed by atoms with van der Waals surface area (Å²) < 4.78 is 0. The lowest BCUT2D eigenvalue weighted by Crippen LogP contribution is -2.32. The summed E-state index contributed by atoms with van der Waals surface area (Å²) in [5.41, 5.74) is 0. The highest BCUT2D eigenvalue weighted by Gasteiger charge is 2.27. The molecular formula is C10H11NO6. The van der Waals surface area contributed by atoms with Crippen molar-refractivity contribution in [1.82, 2.24) is 4.90 Å². The quantitative estimate of drug-likeness (QED) is 0.478. The van der Waals surface area contributed by atoms with Gasteiger partial charge in [0.15, 0.2) is 5.92 Å². The number of amides is 2. The molecule has 0 aromatic heterocycles. The van der Waals surface area contributed by atoms with E-state index in [0.29, 0.717) is 0 Å². The predicted octanol–water partition coefficient (Wildman–Crippen LogP) is -0.523. The third-order valence-electron chi connectivity index (χ3n) is 2.37. The molecule has 0 aliphatic carbocycles. The summed E-state index contributed by atoms with van der Waals surface area (Å²) in [6.07, 6.45) is 2.26. The standard InChI is InChI=1S/C10H11NO6/c12-7-3-4-8(13)11(7)5-1-2-6(9(14)15)10(16)17/h3-4,6H,1-2,5H2,(H,14,15)(H,16,17). The molecule has 0 unspecified atom stereocenters. The number of hydrogen-bond acceptors (Lipinski definition) is 4. The SMILES string of the molecule is O=C(O)C(CCCN1C(=O)C=CC1=O)C(=O)O. The largest absolute Gasteiger partial charge is 0.481 e. The normalized spacial score (nSPS) is 14.8. The Balaban J connectivity index is 2.42. The number of carboxylic acid groups (broad SMARTS) is 2. The highest BCUT2D eigenvalue weighted by Crippen LogP contribution is 2.11. The molecular weight excluding hydrogens is 230 g/mol. The second kappa shape index (κ2) is 5.24. The summed E-state index contributed by atoms with van der Waals surface area (Å²) in [5, 5.41) is 17.2. The highest BCUT2D eigenvalue weighted by atomic mass is 16.4. The van der Waals surface area contributed by atoms with E-state index in [0.717, 1.165) is 17.1 Å². The van der Waals surface area contributed by atoms with Crippen molar-refractivity contribution in [2.45, 2.75) is 12.8 Å². The van der Waals surface area contributed by atoms with Crippen LogP contribution in [-0.4, -0.2) is 45.4 Å². The van der Waals surface area contributed by atoms with E-state index in [4.69, 9.17) is 10.2 Å². The Morgan fingerprint density at radius 1 is 1.12 bits per heavy atom. The number of aliphatic carboxylic acids is 2. The molecule has 2 amide bonds. The maximum atomic E-state index is 11.1. The minimum Gasteiger partial charge on any atom is -0.481 e. The van der Waals surface area contributed by atoms with Crippen LogP contribution in [0.25, 0.3) is 0 Å². The van der Waals surface area contributed by atoms with Crippen LogP contribution in [0.2, 0.25) is 0 Å². The van der Waals surface area contributed by atoms with Crippen molar-refractivity contribution in [1.29, 1.82) is 0 Å². The Kier molecular flexibility index (Phi) is 3.97. The monoisotopic (exact) mass is 241 g/mol. The van der Waals surface area contributed by atoms with Crippen molar-refractivity contribution in [2.24, 2.45) is 5.92 Å². The van der Waals surface area contributed by atoms with Crippen molar-refractivity contribution in [3.05, 3.63) is 12.2 Å². The van der Waals surface area contributed by atoms with Gasteiger partial charge < -0.3 is 10.2 Å². The Labute approximate surface area is 96.3 Å². The maximum absolute atomic E-state index is 11.1. The van der Waals surface area contributed by atoms with Crippen LogP contribution in [-0.2, 0) is 19.2 Å². The fourth-order valence-electron chi connectivity index (χ4n) is 1.46. The maximum Gasteiger partial charge on any atom is 0.317 e. The molecule has 0 aromatic carbocycles. The molecule has 0 atom stereocenters. The number of carbonyl (C=O) groups is 4. The molecule has 1 aliphatic heterocycles. The summed E-state index contributed by atoms with van der Waals surface area (Å²) in [4.78, 5) is 44.3. The van der Waals surface area contributed by atoms with Crippen molar-refractivity contribution in [3.8, 4) is 0 Å². The van der Waals surface area contributed by atoms with Gasteiger partial charge in [0.25, 0.3) is 11.8 Å². The van der Waals surface area contributed by atoms with Crippen LogP contribution in [0.1, 0.15) is 12.8 Å². The van der Waals surface area contributed by atoms with Crippen LogP contribution in [0.4, 0.5) is 0 Å². The number of hydrogen-bond donors (Lipinski definition) is 2. The molecule has 0 saturated carbocycles. The van der Waals surface area contributed by atoms with E-state index >= 15 is 0 Å². The van der Waals surface area contributed by atoms with Crippen molar-refractivity contribution in [2.75, 3.05) is 6.54 Å². The molecule has 92 valence electrons. The van der Waals surface area contributed by atoms with E-state index in [9.17, 15) is 19.2 Å². The molecule has 0 radical (unpaired) electrons. The lowest BCUT2D eigenvalue weighted by Gasteiger charge is -2.14. The van der Waals surface area contributed by atoms with Gasteiger partial charge in [-0.25, -0.2) is 0 Å². The predicted molar refractivity (Wildman–Crippen MR) is 53.9 cm³/mol. The number of carbonyl (C=O) groups excluding carboxylic acids is 2. The minimum atomic E-state index is -1.50. The first-order valence-electron chi connectivity index (χ1n) is 4.92. The zero-order valence-corrected chi connectivity index (χ0v) is 8.83. The number of imide groups is 1. The first kappa shape index (κ1) is 12.9. The molecule has 1 aliphatic rings.